The molecule has 1 aliphatic carbocycles. The average Bonchev–Trinajstić information content (AvgIpc) is 2.78. The van der Waals surface area contributed by atoms with Crippen molar-refractivity contribution in [2.45, 2.75) is 25.0 Å². The lowest BCUT2D eigenvalue weighted by molar-refractivity contribution is 0.103. The molecule has 0 unspecified atom stereocenters. The van der Waals surface area contributed by atoms with E-state index >= 15 is 0 Å². The molecule has 0 saturated heterocycles. The van der Waals surface area contributed by atoms with Crippen LogP contribution >= 0.6 is 0 Å². The molecule has 146 valence electrons. The van der Waals surface area contributed by atoms with Gasteiger partial charge in [0.25, 0.3) is 0 Å². The Morgan fingerprint density at radius 3 is 2.67 bits per heavy atom. The number of fused-ring (bicyclic) bond motifs is 1. The van der Waals surface area contributed by atoms with Crippen LogP contribution in [0.25, 0.3) is 22.2 Å². The minimum absolute atomic E-state index is 0.0322. The van der Waals surface area contributed by atoms with Gasteiger partial charge in [-0.1, -0.05) is 18.2 Å². The van der Waals surface area contributed by atoms with Gasteiger partial charge in [-0.3, -0.25) is 0 Å². The Labute approximate surface area is 172 Å². The Morgan fingerprint density at radius 1 is 0.967 bits per heavy atom. The summed E-state index contributed by atoms with van der Waals surface area (Å²) in [4.78, 5) is 21.8. The monoisotopic (exact) mass is 395 g/mol. The van der Waals surface area contributed by atoms with Gasteiger partial charge in [-0.15, -0.1) is 0 Å². The van der Waals surface area contributed by atoms with Gasteiger partial charge in [-0.05, 0) is 18.2 Å². The number of nitriles is 1. The van der Waals surface area contributed by atoms with Gasteiger partial charge in [0.2, 0.25) is 11.8 Å². The molecule has 1 aromatic carbocycles. The molecule has 8 heteroatoms. The number of pyridine rings is 1. The Hall–Kier alpha value is -4.12. The van der Waals surface area contributed by atoms with Crippen LogP contribution in [0.1, 0.15) is 18.5 Å². The summed E-state index contributed by atoms with van der Waals surface area (Å²) in [6, 6.07) is 13.6. The van der Waals surface area contributed by atoms with Crippen LogP contribution in [0.2, 0.25) is 0 Å². The quantitative estimate of drug-likeness (QED) is 0.548. The van der Waals surface area contributed by atoms with Gasteiger partial charge in [0.05, 0.1) is 5.52 Å². The average molecular weight is 395 g/mol. The minimum Gasteiger partial charge on any atom is -0.473 e. The molecule has 4 aromatic rings. The molecule has 1 saturated carbocycles. The van der Waals surface area contributed by atoms with E-state index in [0.717, 1.165) is 29.3 Å². The van der Waals surface area contributed by atoms with Crippen molar-refractivity contribution in [2.24, 2.45) is 0 Å². The van der Waals surface area contributed by atoms with Crippen molar-refractivity contribution in [3.05, 3.63) is 66.9 Å². The molecule has 1 N–H and O–H groups in total. The number of rotatable bonds is 5. The highest BCUT2D eigenvalue weighted by molar-refractivity contribution is 5.78. The molecule has 8 nitrogen and oxygen atoms in total. The summed E-state index contributed by atoms with van der Waals surface area (Å²) in [5.74, 6) is 1.09. The smallest absolute Gasteiger partial charge is 0.240 e. The molecule has 0 atom stereocenters. The molecule has 0 bridgehead atoms. The van der Waals surface area contributed by atoms with Gasteiger partial charge < -0.3 is 10.1 Å². The first-order chi connectivity index (χ1) is 14.8. The molecule has 30 heavy (non-hydrogen) atoms. The molecule has 5 rings (SSSR count). The van der Waals surface area contributed by atoms with E-state index in [1.165, 1.54) is 0 Å². The standard InChI is InChI=1S/C22H17N7O/c23-11-16-6-5-15(13-26-16)20-21(25-8-7-24-20)30-18-9-17(10-18)28-22-27-12-14-3-1-2-4-19(14)29-22/h1-8,12-13,17-18H,9-10H2,(H,27,28,29)/t17-,18-. The third-order valence-electron chi connectivity index (χ3n) is 5.01. The fourth-order valence-electron chi connectivity index (χ4n) is 3.37. The van der Waals surface area contributed by atoms with Crippen LogP contribution in [0, 0.1) is 11.3 Å². The van der Waals surface area contributed by atoms with Crippen LogP contribution in [-0.2, 0) is 0 Å². The SMILES string of the molecule is N#Cc1ccc(-c2nccnc2O[C@H]2C[C@H](Nc3ncc4ccccc4n3)C2)cn1. The number of hydrogen-bond donors (Lipinski definition) is 1. The highest BCUT2D eigenvalue weighted by atomic mass is 16.5. The Kier molecular flexibility index (Phi) is 4.62. The van der Waals surface area contributed by atoms with Gasteiger partial charge in [0.1, 0.15) is 23.6 Å². The molecule has 0 amide bonds. The number of nitrogens with one attached hydrogen (secondary N) is 1. The van der Waals surface area contributed by atoms with E-state index in [1.807, 2.05) is 36.5 Å². The zero-order valence-electron chi connectivity index (χ0n) is 15.9. The van der Waals surface area contributed by atoms with Gasteiger partial charge in [-0.2, -0.15) is 5.26 Å². The molecular weight excluding hydrogens is 378 g/mol. The molecule has 1 aliphatic rings. The number of aromatic nitrogens is 5. The van der Waals surface area contributed by atoms with Crippen LogP contribution < -0.4 is 10.1 Å². The first-order valence-corrected chi connectivity index (χ1v) is 9.61. The lowest BCUT2D eigenvalue weighted by Gasteiger charge is -2.35. The van der Waals surface area contributed by atoms with Crippen LogP contribution in [0.5, 0.6) is 5.88 Å². The third kappa shape index (κ3) is 3.61. The first kappa shape index (κ1) is 17.9. The van der Waals surface area contributed by atoms with Crippen LogP contribution in [-0.4, -0.2) is 37.1 Å². The van der Waals surface area contributed by atoms with Gasteiger partial charge in [0.15, 0.2) is 0 Å². The maximum Gasteiger partial charge on any atom is 0.240 e. The van der Waals surface area contributed by atoms with Crippen molar-refractivity contribution in [1.82, 2.24) is 24.9 Å². The summed E-state index contributed by atoms with van der Waals surface area (Å²) >= 11 is 0. The Balaban J connectivity index is 1.23. The third-order valence-corrected chi connectivity index (χ3v) is 5.01. The van der Waals surface area contributed by atoms with Gasteiger partial charge in [0, 0.05) is 54.6 Å². The Bertz CT molecular complexity index is 1230. The fraction of sp³-hybridized carbons (Fsp3) is 0.182. The van der Waals surface area contributed by atoms with Crippen molar-refractivity contribution in [3.63, 3.8) is 0 Å². The van der Waals surface area contributed by atoms with Crippen molar-refractivity contribution < 1.29 is 4.74 Å². The van der Waals surface area contributed by atoms with Crippen LogP contribution in [0.3, 0.4) is 0 Å². The molecule has 3 aromatic heterocycles. The molecule has 0 aliphatic heterocycles. The van der Waals surface area contributed by atoms with E-state index in [9.17, 15) is 0 Å². The Morgan fingerprint density at radius 2 is 1.83 bits per heavy atom. The topological polar surface area (TPSA) is 110 Å². The molecule has 3 heterocycles. The second kappa shape index (κ2) is 7.72. The summed E-state index contributed by atoms with van der Waals surface area (Å²) in [6.45, 7) is 0. The van der Waals surface area contributed by atoms with Gasteiger partial charge >= 0.3 is 0 Å². The van der Waals surface area contributed by atoms with Crippen LogP contribution in [0.4, 0.5) is 5.95 Å². The van der Waals surface area contributed by atoms with Crippen molar-refractivity contribution in [2.75, 3.05) is 5.32 Å². The fourth-order valence-corrected chi connectivity index (χ4v) is 3.37. The summed E-state index contributed by atoms with van der Waals surface area (Å²) in [5, 5.41) is 13.3. The van der Waals surface area contributed by atoms with E-state index in [-0.39, 0.29) is 12.1 Å². The number of nitrogens with zero attached hydrogens (tertiary/aromatic N) is 6. The normalized spacial score (nSPS) is 17.7. The van der Waals surface area contributed by atoms with E-state index in [2.05, 4.69) is 30.2 Å². The minimum atomic E-state index is 0.0322. The van der Waals surface area contributed by atoms with E-state index in [0.29, 0.717) is 23.2 Å². The summed E-state index contributed by atoms with van der Waals surface area (Å²) in [6.07, 6.45) is 8.32. The first-order valence-electron chi connectivity index (χ1n) is 9.61. The van der Waals surface area contributed by atoms with Crippen molar-refractivity contribution in [3.8, 4) is 23.2 Å². The lowest BCUT2D eigenvalue weighted by atomic mass is 9.89. The molecule has 0 spiro atoms. The number of hydrogen-bond acceptors (Lipinski definition) is 8. The predicted molar refractivity (Wildman–Crippen MR) is 111 cm³/mol. The number of anilines is 1. The zero-order chi connectivity index (χ0) is 20.3. The van der Waals surface area contributed by atoms with E-state index < -0.39 is 0 Å². The summed E-state index contributed by atoms with van der Waals surface area (Å²) in [5.41, 5.74) is 2.65. The van der Waals surface area contributed by atoms with Crippen molar-refractivity contribution >= 4 is 16.9 Å². The highest BCUT2D eigenvalue weighted by Crippen LogP contribution is 2.31. The molecular formula is C22H17N7O. The van der Waals surface area contributed by atoms with E-state index in [1.54, 1.807) is 30.7 Å². The highest BCUT2D eigenvalue weighted by Gasteiger charge is 2.32. The van der Waals surface area contributed by atoms with Crippen LogP contribution in [0.15, 0.2) is 61.2 Å². The largest absolute Gasteiger partial charge is 0.473 e. The van der Waals surface area contributed by atoms with E-state index in [4.69, 9.17) is 10.00 Å². The molecule has 0 radical (unpaired) electrons. The molecule has 1 fully saturated rings. The summed E-state index contributed by atoms with van der Waals surface area (Å²) in [7, 11) is 0. The second-order valence-corrected chi connectivity index (χ2v) is 7.06. The predicted octanol–water partition coefficient (Wildman–Crippen LogP) is 3.38. The maximum absolute atomic E-state index is 8.91. The van der Waals surface area contributed by atoms with Gasteiger partial charge in [-0.25, -0.2) is 24.9 Å². The number of benzene rings is 1. The number of para-hydroxylation sites is 1. The lowest BCUT2D eigenvalue weighted by Crippen LogP contribution is -2.43. The number of ether oxygens (including phenoxy) is 1. The maximum atomic E-state index is 8.91. The second-order valence-electron chi connectivity index (χ2n) is 7.06. The zero-order valence-corrected chi connectivity index (χ0v) is 15.9. The summed E-state index contributed by atoms with van der Waals surface area (Å²) < 4.78 is 6.08. The van der Waals surface area contributed by atoms with Crippen molar-refractivity contribution in [1.29, 1.82) is 5.26 Å².